The van der Waals surface area contributed by atoms with Crippen molar-refractivity contribution in [3.05, 3.63) is 23.3 Å². The first kappa shape index (κ1) is 20.2. The van der Waals surface area contributed by atoms with Gasteiger partial charge in [-0.25, -0.2) is 16.8 Å². The summed E-state index contributed by atoms with van der Waals surface area (Å²) in [4.78, 5) is 0.0564. The van der Waals surface area contributed by atoms with Crippen LogP contribution in [0.4, 0.5) is 0 Å². The van der Waals surface area contributed by atoms with Crippen molar-refractivity contribution in [2.24, 2.45) is 0 Å². The largest absolute Gasteiger partial charge is 0.495 e. The molecule has 1 heterocycles. The quantitative estimate of drug-likeness (QED) is 0.842. The predicted molar refractivity (Wildman–Crippen MR) is 98.8 cm³/mol. The summed E-state index contributed by atoms with van der Waals surface area (Å²) in [5, 5.41) is 2.13. The molecule has 0 unspecified atom stereocenters. The minimum atomic E-state index is -3.88. The van der Waals surface area contributed by atoms with E-state index in [1.807, 2.05) is 34.6 Å². The van der Waals surface area contributed by atoms with E-state index in [1.165, 1.54) is 7.11 Å². The summed E-state index contributed by atoms with van der Waals surface area (Å²) < 4.78 is 56.1. The maximum atomic E-state index is 13.3. The van der Waals surface area contributed by atoms with Crippen molar-refractivity contribution in [3.8, 4) is 5.75 Å². The molecule has 2 rings (SSSR count). The Bertz CT molecular complexity index is 867. The Morgan fingerprint density at radius 1 is 1.12 bits per heavy atom. The van der Waals surface area contributed by atoms with Crippen LogP contribution in [0.2, 0.25) is 0 Å². The van der Waals surface area contributed by atoms with Gasteiger partial charge >= 0.3 is 0 Å². The maximum Gasteiger partial charge on any atom is 0.187 e. The minimum Gasteiger partial charge on any atom is -0.495 e. The Balaban J connectivity index is 2.56. The van der Waals surface area contributed by atoms with Gasteiger partial charge in [0.15, 0.2) is 19.7 Å². The molecule has 1 aromatic carbocycles. The highest BCUT2D eigenvalue weighted by molar-refractivity contribution is 7.96. The number of methoxy groups -OCH3 is 1. The second-order valence-electron chi connectivity index (χ2n) is 7.75. The number of hydrogen-bond acceptors (Lipinski definition) is 6. The van der Waals surface area contributed by atoms with Crippen molar-refractivity contribution in [1.29, 1.82) is 0 Å². The van der Waals surface area contributed by atoms with Crippen LogP contribution in [0.25, 0.3) is 0 Å². The third-order valence-electron chi connectivity index (χ3n) is 4.40. The fourth-order valence-electron chi connectivity index (χ4n) is 3.12. The normalized spacial score (nSPS) is 23.6. The number of benzene rings is 1. The van der Waals surface area contributed by atoms with Gasteiger partial charge in [-0.2, -0.15) is 0 Å². The van der Waals surface area contributed by atoms with Gasteiger partial charge in [0.1, 0.15) is 10.6 Å². The molecule has 1 aromatic rings. The summed E-state index contributed by atoms with van der Waals surface area (Å²) in [6.07, 6.45) is 0. The lowest BCUT2D eigenvalue weighted by Gasteiger charge is -2.29. The van der Waals surface area contributed by atoms with Crippen LogP contribution in [-0.2, 0) is 19.7 Å². The van der Waals surface area contributed by atoms with E-state index in [9.17, 15) is 16.8 Å². The van der Waals surface area contributed by atoms with E-state index in [-0.39, 0.29) is 22.2 Å². The monoisotopic (exact) mass is 389 g/mol. The number of aryl methyl sites for hydroxylation is 2. The van der Waals surface area contributed by atoms with Gasteiger partial charge in [0.2, 0.25) is 0 Å². The van der Waals surface area contributed by atoms with Crippen LogP contribution >= 0.6 is 0 Å². The van der Waals surface area contributed by atoms with Gasteiger partial charge in [-0.3, -0.25) is 0 Å². The van der Waals surface area contributed by atoms with Crippen molar-refractivity contribution in [1.82, 2.24) is 5.32 Å². The molecule has 0 saturated carbocycles. The number of rotatable bonds is 4. The summed E-state index contributed by atoms with van der Waals surface area (Å²) >= 11 is 0. The van der Waals surface area contributed by atoms with Crippen LogP contribution < -0.4 is 10.1 Å². The summed E-state index contributed by atoms with van der Waals surface area (Å²) in [6.45, 7) is 9.36. The Morgan fingerprint density at radius 3 is 2.20 bits per heavy atom. The van der Waals surface area contributed by atoms with Gasteiger partial charge in [-0.1, -0.05) is 0 Å². The highest BCUT2D eigenvalue weighted by atomic mass is 32.2. The van der Waals surface area contributed by atoms with Crippen molar-refractivity contribution >= 4 is 19.7 Å². The molecule has 1 saturated heterocycles. The van der Waals surface area contributed by atoms with Gasteiger partial charge in [-0.05, 0) is 57.9 Å². The first-order chi connectivity index (χ1) is 11.3. The fourth-order valence-corrected chi connectivity index (χ4v) is 8.00. The standard InChI is InChI=1S/C17H27NO5S2/c1-11-7-14(23-6)15(8-12(11)2)25(21,22)16-10-24(19,20)9-13(16)18-17(3,4)5/h7-8,13,16,18H,9-10H2,1-6H3/t13-,16-/m0/s1. The molecule has 1 fully saturated rings. The van der Waals surface area contributed by atoms with Gasteiger partial charge in [0.05, 0.1) is 23.9 Å². The highest BCUT2D eigenvalue weighted by Crippen LogP contribution is 2.34. The van der Waals surface area contributed by atoms with Crippen LogP contribution in [0.3, 0.4) is 0 Å². The van der Waals surface area contributed by atoms with Gasteiger partial charge in [0.25, 0.3) is 0 Å². The smallest absolute Gasteiger partial charge is 0.187 e. The third kappa shape index (κ3) is 4.35. The van der Waals surface area contributed by atoms with Gasteiger partial charge < -0.3 is 10.1 Å². The van der Waals surface area contributed by atoms with E-state index < -0.39 is 36.5 Å². The maximum absolute atomic E-state index is 13.3. The SMILES string of the molecule is COc1cc(C)c(C)cc1S(=O)(=O)[C@H]1CS(=O)(=O)C[C@@H]1NC(C)(C)C. The molecular weight excluding hydrogens is 362 g/mol. The molecular formula is C17H27NO5S2. The number of hydrogen-bond donors (Lipinski definition) is 1. The summed E-state index contributed by atoms with van der Waals surface area (Å²) in [5.74, 6) is -0.303. The van der Waals surface area contributed by atoms with Crippen LogP contribution in [-0.4, -0.2) is 52.3 Å². The second-order valence-corrected chi connectivity index (χ2v) is 12.0. The number of nitrogens with one attached hydrogen (secondary N) is 1. The lowest BCUT2D eigenvalue weighted by Crippen LogP contribution is -2.51. The Hall–Kier alpha value is -1.12. The van der Waals surface area contributed by atoms with Crippen LogP contribution in [0, 0.1) is 13.8 Å². The van der Waals surface area contributed by atoms with Crippen molar-refractivity contribution in [2.45, 2.75) is 56.3 Å². The van der Waals surface area contributed by atoms with E-state index >= 15 is 0 Å². The zero-order valence-corrected chi connectivity index (χ0v) is 17.2. The molecule has 0 aliphatic carbocycles. The average molecular weight is 390 g/mol. The van der Waals surface area contributed by atoms with Crippen molar-refractivity contribution < 1.29 is 21.6 Å². The van der Waals surface area contributed by atoms with Crippen LogP contribution in [0.1, 0.15) is 31.9 Å². The Labute approximate surface area is 150 Å². The molecule has 2 atom stereocenters. The van der Waals surface area contributed by atoms with E-state index in [0.29, 0.717) is 0 Å². The van der Waals surface area contributed by atoms with E-state index in [0.717, 1.165) is 11.1 Å². The number of ether oxygens (including phenoxy) is 1. The number of sulfone groups is 2. The minimum absolute atomic E-state index is 0.0564. The molecule has 0 aromatic heterocycles. The third-order valence-corrected chi connectivity index (χ3v) is 8.57. The summed E-state index contributed by atoms with van der Waals surface area (Å²) in [7, 11) is -5.89. The van der Waals surface area contributed by atoms with Crippen LogP contribution in [0.15, 0.2) is 17.0 Å². The lowest BCUT2D eigenvalue weighted by atomic mass is 10.1. The zero-order valence-electron chi connectivity index (χ0n) is 15.6. The topological polar surface area (TPSA) is 89.5 Å². The average Bonchev–Trinajstić information content (AvgIpc) is 2.74. The Kier molecular flexibility index (Phi) is 5.29. The predicted octanol–water partition coefficient (Wildman–Crippen LogP) is 1.64. The zero-order chi connectivity index (χ0) is 19.2. The Morgan fingerprint density at radius 2 is 1.68 bits per heavy atom. The van der Waals surface area contributed by atoms with Crippen LogP contribution in [0.5, 0.6) is 5.75 Å². The molecule has 142 valence electrons. The molecule has 25 heavy (non-hydrogen) atoms. The molecule has 1 aliphatic heterocycles. The van der Waals surface area contributed by atoms with E-state index in [2.05, 4.69) is 5.32 Å². The van der Waals surface area contributed by atoms with Crippen molar-refractivity contribution in [3.63, 3.8) is 0 Å². The molecule has 1 N–H and O–H groups in total. The first-order valence-corrected chi connectivity index (χ1v) is 11.5. The van der Waals surface area contributed by atoms with E-state index in [4.69, 9.17) is 4.74 Å². The van der Waals surface area contributed by atoms with Gasteiger partial charge in [-0.15, -0.1) is 0 Å². The fraction of sp³-hybridized carbons (Fsp3) is 0.647. The summed E-state index contributed by atoms with van der Waals surface area (Å²) in [5.41, 5.74) is 1.34. The first-order valence-electron chi connectivity index (χ1n) is 8.14. The molecule has 0 spiro atoms. The molecule has 0 amide bonds. The van der Waals surface area contributed by atoms with Crippen molar-refractivity contribution in [2.75, 3.05) is 18.6 Å². The van der Waals surface area contributed by atoms with Gasteiger partial charge in [0, 0.05) is 11.6 Å². The highest BCUT2D eigenvalue weighted by Gasteiger charge is 2.47. The van der Waals surface area contributed by atoms with E-state index in [1.54, 1.807) is 12.1 Å². The molecule has 1 aliphatic rings. The molecule has 0 bridgehead atoms. The lowest BCUT2D eigenvalue weighted by molar-refractivity contribution is 0.373. The molecule has 8 heteroatoms. The molecule has 0 radical (unpaired) electrons. The summed E-state index contributed by atoms with van der Waals surface area (Å²) in [6, 6.07) is 2.60. The second kappa shape index (κ2) is 6.55. The molecule has 6 nitrogen and oxygen atoms in total.